The largest absolute Gasteiger partial charge is 0.395 e. The second kappa shape index (κ2) is 8.09. The lowest BCUT2D eigenvalue weighted by Crippen LogP contribution is -2.27. The van der Waals surface area contributed by atoms with Crippen molar-refractivity contribution in [2.75, 3.05) is 31.6 Å². The minimum Gasteiger partial charge on any atom is -0.395 e. The smallest absolute Gasteiger partial charge is 0.0606 e. The molecule has 1 rings (SSSR count). The topological polar surface area (TPSA) is 35.5 Å². The predicted octanol–water partition coefficient (Wildman–Crippen LogP) is 2.00. The lowest BCUT2D eigenvalue weighted by Gasteiger charge is -2.24. The molecule has 0 aromatic heterocycles. The predicted molar refractivity (Wildman–Crippen MR) is 73.4 cm³/mol. The third-order valence-corrected chi connectivity index (χ3v) is 2.83. The van der Waals surface area contributed by atoms with Gasteiger partial charge in [0.05, 0.1) is 6.61 Å². The molecule has 0 fully saturated rings. The Morgan fingerprint density at radius 3 is 2.41 bits per heavy atom. The molecule has 17 heavy (non-hydrogen) atoms. The number of anilines is 1. The van der Waals surface area contributed by atoms with Crippen LogP contribution in [-0.4, -0.2) is 31.9 Å². The van der Waals surface area contributed by atoms with Crippen molar-refractivity contribution in [3.05, 3.63) is 29.8 Å². The standard InChI is InChI=1S/C14H24N2O/c1-3-4-9-16(10-11-17)14-7-5-13(6-8-14)12-15-2/h5-8,15,17H,3-4,9-12H2,1-2H3. The first kappa shape index (κ1) is 14.0. The van der Waals surface area contributed by atoms with Crippen LogP contribution < -0.4 is 10.2 Å². The molecule has 0 spiro atoms. The Morgan fingerprint density at radius 1 is 1.18 bits per heavy atom. The van der Waals surface area contributed by atoms with Crippen LogP contribution in [0.3, 0.4) is 0 Å². The molecule has 0 radical (unpaired) electrons. The molecule has 3 nitrogen and oxygen atoms in total. The molecule has 0 saturated heterocycles. The van der Waals surface area contributed by atoms with Crippen LogP contribution in [0.1, 0.15) is 25.3 Å². The molecule has 0 aliphatic carbocycles. The average molecular weight is 236 g/mol. The second-order valence-corrected chi connectivity index (χ2v) is 4.26. The summed E-state index contributed by atoms with van der Waals surface area (Å²) in [5.41, 5.74) is 2.49. The summed E-state index contributed by atoms with van der Waals surface area (Å²) >= 11 is 0. The van der Waals surface area contributed by atoms with Gasteiger partial charge in [0.2, 0.25) is 0 Å². The number of rotatable bonds is 8. The van der Waals surface area contributed by atoms with Crippen molar-refractivity contribution < 1.29 is 5.11 Å². The van der Waals surface area contributed by atoms with Gasteiger partial charge in [0, 0.05) is 25.3 Å². The van der Waals surface area contributed by atoms with E-state index in [9.17, 15) is 0 Å². The number of hydrogen-bond donors (Lipinski definition) is 2. The number of aliphatic hydroxyl groups excluding tert-OH is 1. The highest BCUT2D eigenvalue weighted by Gasteiger charge is 2.04. The van der Waals surface area contributed by atoms with E-state index < -0.39 is 0 Å². The van der Waals surface area contributed by atoms with Crippen molar-refractivity contribution in [2.45, 2.75) is 26.3 Å². The summed E-state index contributed by atoms with van der Waals surface area (Å²) in [5.74, 6) is 0. The Labute approximate surface area is 104 Å². The summed E-state index contributed by atoms with van der Waals surface area (Å²) in [4.78, 5) is 2.24. The Bertz CT molecular complexity index is 298. The van der Waals surface area contributed by atoms with Gasteiger partial charge in [-0.05, 0) is 31.2 Å². The van der Waals surface area contributed by atoms with Gasteiger partial charge in [0.15, 0.2) is 0 Å². The van der Waals surface area contributed by atoms with E-state index in [1.165, 1.54) is 17.7 Å². The Kier molecular flexibility index (Phi) is 6.67. The van der Waals surface area contributed by atoms with Crippen molar-refractivity contribution in [3.63, 3.8) is 0 Å². The van der Waals surface area contributed by atoms with Crippen molar-refractivity contribution >= 4 is 5.69 Å². The lowest BCUT2D eigenvalue weighted by atomic mass is 10.2. The van der Waals surface area contributed by atoms with Gasteiger partial charge in [-0.2, -0.15) is 0 Å². The first-order valence-corrected chi connectivity index (χ1v) is 6.41. The van der Waals surface area contributed by atoms with E-state index in [1.54, 1.807) is 0 Å². The molecule has 0 aliphatic rings. The monoisotopic (exact) mass is 236 g/mol. The average Bonchev–Trinajstić information content (AvgIpc) is 2.36. The van der Waals surface area contributed by atoms with E-state index in [1.807, 2.05) is 7.05 Å². The van der Waals surface area contributed by atoms with Crippen LogP contribution >= 0.6 is 0 Å². The van der Waals surface area contributed by atoms with Crippen LogP contribution in [-0.2, 0) is 6.54 Å². The van der Waals surface area contributed by atoms with E-state index in [-0.39, 0.29) is 6.61 Å². The molecule has 3 heteroatoms. The van der Waals surface area contributed by atoms with E-state index in [0.717, 1.165) is 19.5 Å². The highest BCUT2D eigenvalue weighted by Crippen LogP contribution is 2.15. The van der Waals surface area contributed by atoms with Crippen LogP contribution in [0.5, 0.6) is 0 Å². The molecule has 0 heterocycles. The number of benzene rings is 1. The first-order chi connectivity index (χ1) is 8.31. The summed E-state index contributed by atoms with van der Waals surface area (Å²) in [6.45, 7) is 5.03. The van der Waals surface area contributed by atoms with Gasteiger partial charge in [-0.15, -0.1) is 0 Å². The highest BCUT2D eigenvalue weighted by atomic mass is 16.3. The van der Waals surface area contributed by atoms with Gasteiger partial charge >= 0.3 is 0 Å². The Morgan fingerprint density at radius 2 is 1.88 bits per heavy atom. The van der Waals surface area contributed by atoms with Gasteiger partial charge in [-0.25, -0.2) is 0 Å². The summed E-state index contributed by atoms with van der Waals surface area (Å²) in [5, 5.41) is 12.2. The maximum atomic E-state index is 9.08. The van der Waals surface area contributed by atoms with Gasteiger partial charge in [-0.1, -0.05) is 25.5 Å². The van der Waals surface area contributed by atoms with Crippen LogP contribution in [0.4, 0.5) is 5.69 Å². The summed E-state index contributed by atoms with van der Waals surface area (Å²) in [6, 6.07) is 8.56. The van der Waals surface area contributed by atoms with Gasteiger partial charge < -0.3 is 15.3 Å². The normalized spacial score (nSPS) is 10.5. The fourth-order valence-corrected chi connectivity index (χ4v) is 1.87. The Hall–Kier alpha value is -1.06. The number of nitrogens with zero attached hydrogens (tertiary/aromatic N) is 1. The van der Waals surface area contributed by atoms with Crippen molar-refractivity contribution in [3.8, 4) is 0 Å². The second-order valence-electron chi connectivity index (χ2n) is 4.26. The van der Waals surface area contributed by atoms with Crippen LogP contribution in [0, 0.1) is 0 Å². The molecule has 0 atom stereocenters. The molecule has 0 aliphatic heterocycles. The third-order valence-electron chi connectivity index (χ3n) is 2.83. The number of aliphatic hydroxyl groups is 1. The molecule has 0 amide bonds. The molecular formula is C14H24N2O. The summed E-state index contributed by atoms with van der Waals surface area (Å²) < 4.78 is 0. The lowest BCUT2D eigenvalue weighted by molar-refractivity contribution is 0.301. The molecule has 0 saturated carbocycles. The molecule has 2 N–H and O–H groups in total. The minimum atomic E-state index is 0.210. The highest BCUT2D eigenvalue weighted by molar-refractivity contribution is 5.47. The zero-order valence-corrected chi connectivity index (χ0v) is 10.9. The molecule has 1 aromatic rings. The molecule has 96 valence electrons. The van der Waals surface area contributed by atoms with Crippen molar-refractivity contribution in [1.29, 1.82) is 0 Å². The zero-order valence-electron chi connectivity index (χ0n) is 10.9. The fraction of sp³-hybridized carbons (Fsp3) is 0.571. The van der Waals surface area contributed by atoms with Crippen LogP contribution in [0.2, 0.25) is 0 Å². The molecular weight excluding hydrogens is 212 g/mol. The van der Waals surface area contributed by atoms with Crippen molar-refractivity contribution in [2.24, 2.45) is 0 Å². The summed E-state index contributed by atoms with van der Waals surface area (Å²) in [7, 11) is 1.95. The molecule has 1 aromatic carbocycles. The maximum Gasteiger partial charge on any atom is 0.0606 e. The van der Waals surface area contributed by atoms with E-state index in [2.05, 4.69) is 41.4 Å². The summed E-state index contributed by atoms with van der Waals surface area (Å²) in [6.07, 6.45) is 2.35. The quantitative estimate of drug-likeness (QED) is 0.725. The third kappa shape index (κ3) is 4.75. The zero-order chi connectivity index (χ0) is 12.5. The van der Waals surface area contributed by atoms with Gasteiger partial charge in [-0.3, -0.25) is 0 Å². The first-order valence-electron chi connectivity index (χ1n) is 6.41. The van der Waals surface area contributed by atoms with E-state index in [0.29, 0.717) is 6.54 Å². The van der Waals surface area contributed by atoms with Crippen molar-refractivity contribution in [1.82, 2.24) is 5.32 Å². The van der Waals surface area contributed by atoms with Crippen LogP contribution in [0.25, 0.3) is 0 Å². The minimum absolute atomic E-state index is 0.210. The van der Waals surface area contributed by atoms with E-state index >= 15 is 0 Å². The Balaban J connectivity index is 2.65. The van der Waals surface area contributed by atoms with E-state index in [4.69, 9.17) is 5.11 Å². The van der Waals surface area contributed by atoms with Gasteiger partial charge in [0.1, 0.15) is 0 Å². The molecule has 0 unspecified atom stereocenters. The number of hydrogen-bond acceptors (Lipinski definition) is 3. The number of nitrogens with one attached hydrogen (secondary N) is 1. The SMILES string of the molecule is CCCCN(CCO)c1ccc(CNC)cc1. The fourth-order valence-electron chi connectivity index (χ4n) is 1.87. The molecule has 0 bridgehead atoms. The number of unbranched alkanes of at least 4 members (excludes halogenated alkanes) is 1. The maximum absolute atomic E-state index is 9.08. The van der Waals surface area contributed by atoms with Gasteiger partial charge in [0.25, 0.3) is 0 Å². The van der Waals surface area contributed by atoms with Crippen LogP contribution in [0.15, 0.2) is 24.3 Å².